The van der Waals surface area contributed by atoms with Crippen LogP contribution < -0.4 is 10.1 Å². The molecule has 1 aromatic carbocycles. The lowest BCUT2D eigenvalue weighted by Gasteiger charge is -2.36. The van der Waals surface area contributed by atoms with E-state index >= 15 is 0 Å². The van der Waals surface area contributed by atoms with E-state index in [9.17, 15) is 4.79 Å². The number of benzene rings is 1. The number of ether oxygens (including phenoxy) is 1. The molecule has 1 atom stereocenters. The summed E-state index contributed by atoms with van der Waals surface area (Å²) < 4.78 is 5.48. The maximum atomic E-state index is 12.8. The molecular formula is C25H29N5O2. The highest BCUT2D eigenvalue weighted by Crippen LogP contribution is 2.40. The van der Waals surface area contributed by atoms with Crippen LogP contribution in [0.3, 0.4) is 0 Å². The lowest BCUT2D eigenvalue weighted by molar-refractivity contribution is -0.122. The fourth-order valence-corrected chi connectivity index (χ4v) is 4.16. The minimum atomic E-state index is -0.0995. The second-order valence-corrected chi connectivity index (χ2v) is 8.93. The van der Waals surface area contributed by atoms with Gasteiger partial charge < -0.3 is 10.1 Å². The molecule has 0 aliphatic heterocycles. The summed E-state index contributed by atoms with van der Waals surface area (Å²) in [5, 5.41) is 3.22. The second kappa shape index (κ2) is 9.42. The van der Waals surface area contributed by atoms with Crippen molar-refractivity contribution in [2.45, 2.75) is 52.5 Å². The van der Waals surface area contributed by atoms with Crippen molar-refractivity contribution in [2.24, 2.45) is 5.41 Å². The predicted octanol–water partition coefficient (Wildman–Crippen LogP) is 4.09. The first-order valence-electron chi connectivity index (χ1n) is 11.1. The van der Waals surface area contributed by atoms with E-state index in [1.165, 1.54) is 0 Å². The SMILES string of the molecule is CCOc1ccc(CCC(=O)NC2CC(C)(C)Cc3nc(-c4cnccn4)ncc32)cc1. The molecule has 32 heavy (non-hydrogen) atoms. The molecule has 0 fully saturated rings. The molecule has 3 aromatic rings. The minimum absolute atomic E-state index is 0.0219. The molecule has 7 heteroatoms. The lowest BCUT2D eigenvalue weighted by Crippen LogP contribution is -2.37. The zero-order valence-electron chi connectivity index (χ0n) is 18.8. The van der Waals surface area contributed by atoms with Gasteiger partial charge in [-0.15, -0.1) is 0 Å². The van der Waals surface area contributed by atoms with Crippen LogP contribution >= 0.6 is 0 Å². The average molecular weight is 432 g/mol. The Morgan fingerprint density at radius 1 is 1.16 bits per heavy atom. The monoisotopic (exact) mass is 431 g/mol. The number of aromatic nitrogens is 4. The van der Waals surface area contributed by atoms with Gasteiger partial charge in [0, 0.05) is 30.6 Å². The third-order valence-electron chi connectivity index (χ3n) is 5.68. The van der Waals surface area contributed by atoms with E-state index in [-0.39, 0.29) is 17.4 Å². The number of nitrogens with zero attached hydrogens (tertiary/aromatic N) is 4. The molecule has 2 aromatic heterocycles. The third-order valence-corrected chi connectivity index (χ3v) is 5.68. The molecule has 1 aliphatic carbocycles. The van der Waals surface area contributed by atoms with Crippen LogP contribution in [0.4, 0.5) is 0 Å². The van der Waals surface area contributed by atoms with Gasteiger partial charge in [-0.05, 0) is 49.3 Å². The highest BCUT2D eigenvalue weighted by Gasteiger charge is 2.34. The van der Waals surface area contributed by atoms with Crippen molar-refractivity contribution >= 4 is 5.91 Å². The first-order valence-corrected chi connectivity index (χ1v) is 11.1. The van der Waals surface area contributed by atoms with Crippen LogP contribution in [0.5, 0.6) is 5.75 Å². The molecule has 166 valence electrons. The van der Waals surface area contributed by atoms with Crippen molar-refractivity contribution in [3.05, 3.63) is 65.9 Å². The van der Waals surface area contributed by atoms with E-state index in [0.29, 0.717) is 31.0 Å². The van der Waals surface area contributed by atoms with Gasteiger partial charge in [0.05, 0.1) is 24.5 Å². The maximum absolute atomic E-state index is 12.8. The number of hydrogen-bond donors (Lipinski definition) is 1. The number of carbonyl (C=O) groups excluding carboxylic acids is 1. The van der Waals surface area contributed by atoms with Crippen LogP contribution in [-0.4, -0.2) is 32.4 Å². The van der Waals surface area contributed by atoms with E-state index in [1.807, 2.05) is 37.4 Å². The number of aryl methyl sites for hydroxylation is 1. The van der Waals surface area contributed by atoms with Crippen molar-refractivity contribution in [3.8, 4) is 17.3 Å². The maximum Gasteiger partial charge on any atom is 0.220 e. The molecule has 4 rings (SSSR count). The summed E-state index contributed by atoms with van der Waals surface area (Å²) in [6.45, 7) is 7.02. The Morgan fingerprint density at radius 2 is 1.97 bits per heavy atom. The molecule has 0 saturated carbocycles. The van der Waals surface area contributed by atoms with Crippen LogP contribution in [-0.2, 0) is 17.6 Å². The quantitative estimate of drug-likeness (QED) is 0.606. The Morgan fingerprint density at radius 3 is 2.69 bits per heavy atom. The third kappa shape index (κ3) is 5.28. The highest BCUT2D eigenvalue weighted by molar-refractivity contribution is 5.76. The van der Waals surface area contributed by atoms with Crippen LogP contribution in [0.1, 0.15) is 56.5 Å². The first kappa shape index (κ1) is 21.9. The van der Waals surface area contributed by atoms with Gasteiger partial charge in [-0.1, -0.05) is 26.0 Å². The molecule has 1 unspecified atom stereocenters. The zero-order valence-corrected chi connectivity index (χ0v) is 18.8. The lowest BCUT2D eigenvalue weighted by atomic mass is 9.74. The number of hydrogen-bond acceptors (Lipinski definition) is 6. The summed E-state index contributed by atoms with van der Waals surface area (Å²) in [6, 6.07) is 7.82. The number of carbonyl (C=O) groups is 1. The zero-order chi connectivity index (χ0) is 22.6. The number of rotatable bonds is 7. The molecule has 7 nitrogen and oxygen atoms in total. The number of nitrogens with one attached hydrogen (secondary N) is 1. The van der Waals surface area contributed by atoms with Gasteiger partial charge in [-0.25, -0.2) is 15.0 Å². The van der Waals surface area contributed by atoms with Crippen molar-refractivity contribution in [1.29, 1.82) is 0 Å². The van der Waals surface area contributed by atoms with Gasteiger partial charge in [0.1, 0.15) is 11.4 Å². The van der Waals surface area contributed by atoms with Gasteiger partial charge in [0.25, 0.3) is 0 Å². The van der Waals surface area contributed by atoms with E-state index < -0.39 is 0 Å². The highest BCUT2D eigenvalue weighted by atomic mass is 16.5. The number of amides is 1. The van der Waals surface area contributed by atoms with Gasteiger partial charge in [0.2, 0.25) is 5.91 Å². The second-order valence-electron chi connectivity index (χ2n) is 8.93. The normalized spacial score (nSPS) is 16.8. The van der Waals surface area contributed by atoms with Crippen molar-refractivity contribution < 1.29 is 9.53 Å². The summed E-state index contributed by atoms with van der Waals surface area (Å²) in [5.74, 6) is 1.45. The Kier molecular flexibility index (Phi) is 6.44. The van der Waals surface area contributed by atoms with Crippen molar-refractivity contribution in [1.82, 2.24) is 25.3 Å². The fourth-order valence-electron chi connectivity index (χ4n) is 4.16. The standard InChI is InChI=1S/C25H29N5O2/c1-4-32-18-8-5-17(6-9-18)7-10-23(31)29-20-13-25(2,3)14-21-19(20)15-28-24(30-21)22-16-26-11-12-27-22/h5-6,8-9,11-12,15-16,20H,4,7,10,13-14H2,1-3H3,(H,29,31). The molecule has 1 N–H and O–H groups in total. The Bertz CT molecular complexity index is 1070. The smallest absolute Gasteiger partial charge is 0.220 e. The summed E-state index contributed by atoms with van der Waals surface area (Å²) in [7, 11) is 0. The van der Waals surface area contributed by atoms with E-state index in [4.69, 9.17) is 9.72 Å². The molecule has 2 heterocycles. The van der Waals surface area contributed by atoms with Crippen molar-refractivity contribution in [3.63, 3.8) is 0 Å². The van der Waals surface area contributed by atoms with Gasteiger partial charge in [-0.3, -0.25) is 9.78 Å². The molecular weight excluding hydrogens is 402 g/mol. The molecule has 0 saturated heterocycles. The fraction of sp³-hybridized carbons (Fsp3) is 0.400. The Labute approximate surface area is 188 Å². The first-order chi connectivity index (χ1) is 15.4. The Balaban J connectivity index is 1.45. The molecule has 1 amide bonds. The topological polar surface area (TPSA) is 89.9 Å². The summed E-state index contributed by atoms with van der Waals surface area (Å²) in [4.78, 5) is 30.5. The van der Waals surface area contributed by atoms with E-state index in [2.05, 4.69) is 34.1 Å². The predicted molar refractivity (Wildman–Crippen MR) is 122 cm³/mol. The molecule has 0 radical (unpaired) electrons. The van der Waals surface area contributed by atoms with Crippen LogP contribution in [0.2, 0.25) is 0 Å². The summed E-state index contributed by atoms with van der Waals surface area (Å²) >= 11 is 0. The number of fused-ring (bicyclic) bond motifs is 1. The van der Waals surface area contributed by atoms with Crippen LogP contribution in [0.25, 0.3) is 11.5 Å². The van der Waals surface area contributed by atoms with E-state index in [1.54, 1.807) is 18.6 Å². The van der Waals surface area contributed by atoms with E-state index in [0.717, 1.165) is 35.4 Å². The minimum Gasteiger partial charge on any atom is -0.494 e. The molecule has 1 aliphatic rings. The molecule has 0 spiro atoms. The average Bonchev–Trinajstić information content (AvgIpc) is 2.78. The summed E-state index contributed by atoms with van der Waals surface area (Å²) in [6.07, 6.45) is 9.55. The largest absolute Gasteiger partial charge is 0.494 e. The van der Waals surface area contributed by atoms with Gasteiger partial charge >= 0.3 is 0 Å². The van der Waals surface area contributed by atoms with Gasteiger partial charge in [-0.2, -0.15) is 0 Å². The van der Waals surface area contributed by atoms with Crippen LogP contribution in [0, 0.1) is 5.41 Å². The Hall–Kier alpha value is -3.35. The molecule has 0 bridgehead atoms. The van der Waals surface area contributed by atoms with Gasteiger partial charge in [0.15, 0.2) is 5.82 Å². The van der Waals surface area contributed by atoms with Crippen molar-refractivity contribution in [2.75, 3.05) is 6.61 Å². The van der Waals surface area contributed by atoms with Crippen LogP contribution in [0.15, 0.2) is 49.1 Å². The summed E-state index contributed by atoms with van der Waals surface area (Å²) in [5.41, 5.74) is 3.74.